The number of fused-ring (bicyclic) bond motifs is 1. The maximum absolute atomic E-state index is 12.4. The van der Waals surface area contributed by atoms with Crippen molar-refractivity contribution >= 4 is 28.2 Å². The van der Waals surface area contributed by atoms with Gasteiger partial charge in [-0.05, 0) is 29.7 Å². The molecule has 0 unspecified atom stereocenters. The van der Waals surface area contributed by atoms with Crippen molar-refractivity contribution in [1.82, 2.24) is 9.55 Å². The van der Waals surface area contributed by atoms with E-state index in [9.17, 15) is 4.79 Å². The van der Waals surface area contributed by atoms with E-state index in [-0.39, 0.29) is 5.56 Å². The van der Waals surface area contributed by atoms with E-state index in [0.717, 1.165) is 5.39 Å². The zero-order chi connectivity index (χ0) is 14.1. The molecule has 0 aliphatic carbocycles. The molecule has 20 heavy (non-hydrogen) atoms. The molecule has 0 saturated heterocycles. The van der Waals surface area contributed by atoms with E-state index in [1.807, 2.05) is 30.3 Å². The van der Waals surface area contributed by atoms with E-state index in [1.54, 1.807) is 22.9 Å². The van der Waals surface area contributed by atoms with Crippen LogP contribution in [0.5, 0.6) is 0 Å². The highest BCUT2D eigenvalue weighted by atomic mass is 35.5. The first-order valence-electron chi connectivity index (χ1n) is 6.14. The molecule has 100 valence electrons. The number of nitrogen functional groups attached to an aromatic ring is 1. The monoisotopic (exact) mass is 285 g/mol. The average molecular weight is 286 g/mol. The molecule has 0 bridgehead atoms. The minimum atomic E-state index is -0.0663. The van der Waals surface area contributed by atoms with Crippen molar-refractivity contribution in [2.75, 3.05) is 5.73 Å². The Morgan fingerprint density at radius 1 is 1.15 bits per heavy atom. The molecule has 0 saturated carbocycles. The summed E-state index contributed by atoms with van der Waals surface area (Å²) in [6, 6.07) is 12.7. The maximum Gasteiger partial charge on any atom is 0.258 e. The van der Waals surface area contributed by atoms with Gasteiger partial charge >= 0.3 is 0 Å². The van der Waals surface area contributed by atoms with Gasteiger partial charge in [0.2, 0.25) is 0 Å². The fourth-order valence-electron chi connectivity index (χ4n) is 2.13. The van der Waals surface area contributed by atoms with Gasteiger partial charge in [0, 0.05) is 11.6 Å². The lowest BCUT2D eigenvalue weighted by Crippen LogP contribution is -2.20. The number of anilines is 1. The minimum Gasteiger partial charge on any atom is -0.384 e. The van der Waals surface area contributed by atoms with E-state index in [2.05, 4.69) is 4.98 Å². The number of halogens is 1. The summed E-state index contributed by atoms with van der Waals surface area (Å²) in [5.74, 6) is 0.387. The van der Waals surface area contributed by atoms with Crippen molar-refractivity contribution in [3.8, 4) is 0 Å². The Hall–Kier alpha value is -2.33. The summed E-state index contributed by atoms with van der Waals surface area (Å²) >= 11 is 6.08. The van der Waals surface area contributed by atoms with Crippen molar-refractivity contribution < 1.29 is 0 Å². The van der Waals surface area contributed by atoms with Crippen molar-refractivity contribution in [2.24, 2.45) is 0 Å². The summed E-state index contributed by atoms with van der Waals surface area (Å²) < 4.78 is 1.58. The predicted octanol–water partition coefficient (Wildman–Crippen LogP) is 2.68. The Morgan fingerprint density at radius 3 is 2.80 bits per heavy atom. The molecule has 0 aliphatic rings. The van der Waals surface area contributed by atoms with Crippen LogP contribution in [0, 0.1) is 0 Å². The molecular formula is C15H12ClN3O. The van der Waals surface area contributed by atoms with Crippen molar-refractivity contribution in [3.63, 3.8) is 0 Å². The van der Waals surface area contributed by atoms with Crippen molar-refractivity contribution in [3.05, 3.63) is 69.7 Å². The van der Waals surface area contributed by atoms with Crippen LogP contribution >= 0.6 is 11.6 Å². The second-order valence-corrected chi connectivity index (χ2v) is 4.91. The summed E-state index contributed by atoms with van der Waals surface area (Å²) in [5, 5.41) is 2.09. The summed E-state index contributed by atoms with van der Waals surface area (Å²) in [6.07, 6.45) is 1.74. The molecule has 2 N–H and O–H groups in total. The van der Waals surface area contributed by atoms with Gasteiger partial charge in [0.15, 0.2) is 0 Å². The standard InChI is InChI=1S/C15H12ClN3O/c16-12-5-6-14(17)18-13(12)9-19-8-7-10-3-1-2-4-11(10)15(19)20/h1-8H,9H2,(H2,17,18). The molecule has 3 aromatic rings. The summed E-state index contributed by atoms with van der Waals surface area (Å²) in [5.41, 5.74) is 6.17. The molecule has 1 aromatic carbocycles. The number of rotatable bonds is 2. The first-order chi connectivity index (χ1) is 9.65. The molecule has 0 radical (unpaired) electrons. The predicted molar refractivity (Wildman–Crippen MR) is 81.0 cm³/mol. The van der Waals surface area contributed by atoms with Gasteiger partial charge in [-0.3, -0.25) is 4.79 Å². The summed E-state index contributed by atoms with van der Waals surface area (Å²) in [4.78, 5) is 16.6. The minimum absolute atomic E-state index is 0.0663. The first-order valence-corrected chi connectivity index (χ1v) is 6.52. The smallest absolute Gasteiger partial charge is 0.258 e. The van der Waals surface area contributed by atoms with Crippen LogP contribution in [0.25, 0.3) is 10.8 Å². The molecule has 0 fully saturated rings. The molecule has 3 rings (SSSR count). The van der Waals surface area contributed by atoms with Gasteiger partial charge in [-0.25, -0.2) is 4.98 Å². The quantitative estimate of drug-likeness (QED) is 0.787. The zero-order valence-electron chi connectivity index (χ0n) is 10.6. The van der Waals surface area contributed by atoms with E-state index >= 15 is 0 Å². The molecule has 0 amide bonds. The van der Waals surface area contributed by atoms with E-state index in [1.165, 1.54) is 0 Å². The Balaban J connectivity index is 2.09. The lowest BCUT2D eigenvalue weighted by Gasteiger charge is -2.08. The fraction of sp³-hybridized carbons (Fsp3) is 0.0667. The van der Waals surface area contributed by atoms with E-state index in [4.69, 9.17) is 17.3 Å². The van der Waals surface area contributed by atoms with Crippen LogP contribution in [0.2, 0.25) is 5.02 Å². The second-order valence-electron chi connectivity index (χ2n) is 4.50. The van der Waals surface area contributed by atoms with E-state index < -0.39 is 0 Å². The number of benzene rings is 1. The fourth-order valence-corrected chi connectivity index (χ4v) is 2.29. The number of hydrogen-bond donors (Lipinski definition) is 1. The number of aromatic nitrogens is 2. The highest BCUT2D eigenvalue weighted by Crippen LogP contribution is 2.16. The molecule has 5 heteroatoms. The Bertz CT molecular complexity index is 842. The molecule has 0 atom stereocenters. The van der Waals surface area contributed by atoms with Crippen LogP contribution in [0.1, 0.15) is 5.69 Å². The summed E-state index contributed by atoms with van der Waals surface area (Å²) in [6.45, 7) is 0.299. The summed E-state index contributed by atoms with van der Waals surface area (Å²) in [7, 11) is 0. The van der Waals surface area contributed by atoms with E-state index in [0.29, 0.717) is 28.5 Å². The lowest BCUT2D eigenvalue weighted by atomic mass is 10.2. The first kappa shape index (κ1) is 12.7. The lowest BCUT2D eigenvalue weighted by molar-refractivity contribution is 0.748. The van der Waals surface area contributed by atoms with Crippen LogP contribution in [-0.4, -0.2) is 9.55 Å². The topological polar surface area (TPSA) is 60.9 Å². The zero-order valence-corrected chi connectivity index (χ0v) is 11.3. The molecule has 2 aromatic heterocycles. The largest absolute Gasteiger partial charge is 0.384 e. The van der Waals surface area contributed by atoms with Crippen LogP contribution in [0.4, 0.5) is 5.82 Å². The van der Waals surface area contributed by atoms with Gasteiger partial charge in [-0.2, -0.15) is 0 Å². The molecule has 0 aliphatic heterocycles. The Morgan fingerprint density at radius 2 is 1.95 bits per heavy atom. The average Bonchev–Trinajstić information content (AvgIpc) is 2.46. The third-order valence-corrected chi connectivity index (χ3v) is 3.49. The third-order valence-electron chi connectivity index (χ3n) is 3.15. The second kappa shape index (κ2) is 4.98. The van der Waals surface area contributed by atoms with Gasteiger partial charge in [-0.1, -0.05) is 29.8 Å². The Labute approximate surface area is 120 Å². The van der Waals surface area contributed by atoms with Gasteiger partial charge in [-0.15, -0.1) is 0 Å². The van der Waals surface area contributed by atoms with Gasteiger partial charge in [0.25, 0.3) is 5.56 Å². The van der Waals surface area contributed by atoms with Gasteiger partial charge in [0.1, 0.15) is 5.82 Å². The van der Waals surface area contributed by atoms with Crippen molar-refractivity contribution in [2.45, 2.75) is 6.54 Å². The van der Waals surface area contributed by atoms with Gasteiger partial charge in [0.05, 0.1) is 17.3 Å². The third kappa shape index (κ3) is 2.26. The SMILES string of the molecule is Nc1ccc(Cl)c(Cn2ccc3ccccc3c2=O)n1. The van der Waals surface area contributed by atoms with Crippen LogP contribution in [-0.2, 0) is 6.54 Å². The molecule has 4 nitrogen and oxygen atoms in total. The normalized spacial score (nSPS) is 10.8. The highest BCUT2D eigenvalue weighted by Gasteiger charge is 2.07. The molecule has 2 heterocycles. The number of pyridine rings is 2. The molecular weight excluding hydrogens is 274 g/mol. The Kier molecular flexibility index (Phi) is 3.16. The van der Waals surface area contributed by atoms with Crippen LogP contribution in [0.3, 0.4) is 0 Å². The van der Waals surface area contributed by atoms with Crippen LogP contribution in [0.15, 0.2) is 53.5 Å². The molecule has 0 spiro atoms. The highest BCUT2D eigenvalue weighted by molar-refractivity contribution is 6.31. The number of nitrogens with zero attached hydrogens (tertiary/aromatic N) is 2. The van der Waals surface area contributed by atoms with Gasteiger partial charge < -0.3 is 10.3 Å². The van der Waals surface area contributed by atoms with Crippen molar-refractivity contribution in [1.29, 1.82) is 0 Å². The van der Waals surface area contributed by atoms with Crippen LogP contribution < -0.4 is 11.3 Å². The number of nitrogens with two attached hydrogens (primary N) is 1. The maximum atomic E-state index is 12.4. The number of hydrogen-bond acceptors (Lipinski definition) is 3.